The van der Waals surface area contributed by atoms with Crippen LogP contribution in [0.25, 0.3) is 0 Å². The zero-order chi connectivity index (χ0) is 46.5. The molecule has 0 spiro atoms. The lowest BCUT2D eigenvalue weighted by Gasteiger charge is -2.01. The van der Waals surface area contributed by atoms with Crippen molar-refractivity contribution >= 4 is 53.7 Å². The van der Waals surface area contributed by atoms with Crippen molar-refractivity contribution in [1.82, 2.24) is 0 Å². The van der Waals surface area contributed by atoms with Gasteiger partial charge in [-0.15, -0.1) is 0 Å². The molecule has 0 aliphatic carbocycles. The van der Waals surface area contributed by atoms with Crippen LogP contribution in [0.3, 0.4) is 0 Å². The van der Waals surface area contributed by atoms with E-state index in [1.54, 1.807) is 6.92 Å². The Labute approximate surface area is 331 Å². The minimum atomic E-state index is -0.921. The lowest BCUT2D eigenvalue weighted by atomic mass is 10.1. The summed E-state index contributed by atoms with van der Waals surface area (Å²) in [6.07, 6.45) is 8.68. The van der Waals surface area contributed by atoms with Crippen LogP contribution in [0, 0.1) is 5.92 Å². The van der Waals surface area contributed by atoms with Crippen LogP contribution in [0.1, 0.15) is 171 Å². The molecule has 0 aromatic rings. The van der Waals surface area contributed by atoms with Crippen LogP contribution in [0.2, 0.25) is 0 Å². The van der Waals surface area contributed by atoms with Gasteiger partial charge < -0.3 is 51.1 Å². The third kappa shape index (κ3) is 155. The first-order valence-electron chi connectivity index (χ1n) is 18.5. The predicted octanol–water partition coefficient (Wildman–Crippen LogP) is 7.06. The number of aliphatic carboxylic acids is 9. The van der Waals surface area contributed by atoms with Gasteiger partial charge in [0, 0.05) is 51.4 Å². The molecule has 0 saturated heterocycles. The maximum Gasteiger partial charge on any atom is 0.308 e. The SMILES string of the molecule is CCC(CO)C(=O)O.CCCC(=O)O.CCCC(=O)O.CCCC(=O)O.CCCC(=O)O.CCCC(=O)O.CCCC(=O)O.CCCC(=O)O.CCCC(=O)O. The highest BCUT2D eigenvalue weighted by molar-refractivity contribution is 5.70. The summed E-state index contributed by atoms with van der Waals surface area (Å²) in [7, 11) is 0. The van der Waals surface area contributed by atoms with Crippen LogP contribution in [0.15, 0.2) is 0 Å². The van der Waals surface area contributed by atoms with Crippen molar-refractivity contribution in [3.63, 3.8) is 0 Å². The summed E-state index contributed by atoms with van der Waals surface area (Å²) < 4.78 is 0. The molecule has 56 heavy (non-hydrogen) atoms. The van der Waals surface area contributed by atoms with Gasteiger partial charge in [-0.05, 0) is 57.8 Å². The van der Waals surface area contributed by atoms with Gasteiger partial charge in [0.25, 0.3) is 0 Å². The molecule has 0 aromatic heterocycles. The van der Waals surface area contributed by atoms with E-state index < -0.39 is 59.6 Å². The summed E-state index contributed by atoms with van der Waals surface area (Å²) in [5.41, 5.74) is 0. The van der Waals surface area contributed by atoms with Crippen LogP contribution in [-0.2, 0) is 43.2 Å². The summed E-state index contributed by atoms with van der Waals surface area (Å²) in [6.45, 7) is 16.2. The van der Waals surface area contributed by atoms with Gasteiger partial charge in [0.05, 0.1) is 12.5 Å². The van der Waals surface area contributed by atoms with E-state index in [9.17, 15) is 43.2 Å². The van der Waals surface area contributed by atoms with Crippen LogP contribution in [-0.4, -0.2) is 111 Å². The highest BCUT2D eigenvalue weighted by Crippen LogP contribution is 1.99. The minimum absolute atomic E-state index is 0.258. The molecule has 0 aromatic carbocycles. The van der Waals surface area contributed by atoms with E-state index in [0.717, 1.165) is 51.4 Å². The van der Waals surface area contributed by atoms with Gasteiger partial charge >= 0.3 is 53.7 Å². The Morgan fingerprint density at radius 2 is 0.429 bits per heavy atom. The number of hydrogen-bond acceptors (Lipinski definition) is 10. The lowest BCUT2D eigenvalue weighted by Crippen LogP contribution is -2.16. The second-order valence-corrected chi connectivity index (χ2v) is 10.8. The fourth-order valence-electron chi connectivity index (χ4n) is 2.09. The molecule has 0 radical (unpaired) electrons. The van der Waals surface area contributed by atoms with Crippen molar-refractivity contribution in [3.05, 3.63) is 0 Å². The third-order valence-electron chi connectivity index (χ3n) is 4.77. The summed E-state index contributed by atoms with van der Waals surface area (Å²) in [6, 6.07) is 0. The van der Waals surface area contributed by atoms with Gasteiger partial charge in [-0.1, -0.05) is 62.3 Å². The molecule has 0 heterocycles. The number of rotatable bonds is 19. The Balaban J connectivity index is -0.0000000635. The standard InChI is InChI=1S/C5H10O3.8C4H8O2/c1-2-4(3-6)5(7)8;8*1-2-3-4(5)6/h4,6H,2-3H2,1H3,(H,7,8);8*2-3H2,1H3,(H,5,6). The first-order chi connectivity index (χ1) is 25.9. The number of aliphatic hydroxyl groups excluding tert-OH is 1. The normalized spacial score (nSPS) is 8.89. The number of hydrogen-bond donors (Lipinski definition) is 10. The summed E-state index contributed by atoms with van der Waals surface area (Å²) in [5.74, 6) is -7.18. The van der Waals surface area contributed by atoms with E-state index in [1.807, 2.05) is 55.4 Å². The minimum Gasteiger partial charge on any atom is -0.481 e. The zero-order valence-electron chi connectivity index (χ0n) is 35.0. The lowest BCUT2D eigenvalue weighted by molar-refractivity contribution is -0.143. The van der Waals surface area contributed by atoms with E-state index in [2.05, 4.69) is 0 Å². The Kier molecular flexibility index (Phi) is 84.2. The van der Waals surface area contributed by atoms with Crippen molar-refractivity contribution in [3.8, 4) is 0 Å². The monoisotopic (exact) mass is 822 g/mol. The van der Waals surface area contributed by atoms with Crippen LogP contribution in [0.5, 0.6) is 0 Å². The van der Waals surface area contributed by atoms with Crippen molar-refractivity contribution < 1.29 is 94.2 Å². The molecule has 0 fully saturated rings. The molecular formula is C37H74O19. The van der Waals surface area contributed by atoms with Gasteiger partial charge in [-0.2, -0.15) is 0 Å². The van der Waals surface area contributed by atoms with E-state index >= 15 is 0 Å². The van der Waals surface area contributed by atoms with Gasteiger partial charge in [0.15, 0.2) is 0 Å². The molecule has 1 atom stereocenters. The fourth-order valence-corrected chi connectivity index (χ4v) is 2.09. The molecule has 0 aliphatic heterocycles. The van der Waals surface area contributed by atoms with Crippen LogP contribution >= 0.6 is 0 Å². The van der Waals surface area contributed by atoms with E-state index in [0.29, 0.717) is 57.8 Å². The zero-order valence-corrected chi connectivity index (χ0v) is 35.0. The highest BCUT2D eigenvalue weighted by Gasteiger charge is 2.11. The second kappa shape index (κ2) is 65.1. The van der Waals surface area contributed by atoms with Gasteiger partial charge in [-0.3, -0.25) is 43.2 Å². The van der Waals surface area contributed by atoms with Crippen molar-refractivity contribution in [2.45, 2.75) is 171 Å². The number of carboxylic acid groups (broad SMARTS) is 9. The molecule has 10 N–H and O–H groups in total. The molecule has 19 nitrogen and oxygen atoms in total. The molecule has 19 heteroatoms. The Morgan fingerprint density at radius 1 is 0.304 bits per heavy atom. The summed E-state index contributed by atoms with van der Waals surface area (Å²) in [4.78, 5) is 86.8. The first-order valence-corrected chi connectivity index (χ1v) is 18.5. The molecule has 0 amide bonds. The average Bonchev–Trinajstić information content (AvgIpc) is 3.03. The van der Waals surface area contributed by atoms with E-state index in [1.165, 1.54) is 0 Å². The van der Waals surface area contributed by atoms with E-state index in [4.69, 9.17) is 51.1 Å². The van der Waals surface area contributed by atoms with Crippen LogP contribution in [0.4, 0.5) is 0 Å². The quantitative estimate of drug-likeness (QED) is 0.0623. The van der Waals surface area contributed by atoms with E-state index in [-0.39, 0.29) is 6.61 Å². The topological polar surface area (TPSA) is 356 Å². The number of aliphatic hydroxyl groups is 1. The van der Waals surface area contributed by atoms with Crippen molar-refractivity contribution in [2.24, 2.45) is 5.92 Å². The van der Waals surface area contributed by atoms with Crippen molar-refractivity contribution in [2.75, 3.05) is 6.61 Å². The smallest absolute Gasteiger partial charge is 0.308 e. The Bertz CT molecular complexity index is 754. The molecule has 1 unspecified atom stereocenters. The van der Waals surface area contributed by atoms with Gasteiger partial charge in [0.1, 0.15) is 0 Å². The third-order valence-corrected chi connectivity index (χ3v) is 4.77. The highest BCUT2D eigenvalue weighted by atomic mass is 16.4. The Morgan fingerprint density at radius 3 is 0.429 bits per heavy atom. The molecular weight excluding hydrogens is 748 g/mol. The molecule has 0 aliphatic rings. The maximum absolute atomic E-state index is 10.0. The molecule has 0 bridgehead atoms. The molecule has 336 valence electrons. The number of carboxylic acids is 9. The maximum atomic E-state index is 10.0. The number of carbonyl (C=O) groups is 9. The van der Waals surface area contributed by atoms with Crippen molar-refractivity contribution in [1.29, 1.82) is 0 Å². The van der Waals surface area contributed by atoms with Crippen LogP contribution < -0.4 is 0 Å². The van der Waals surface area contributed by atoms with Gasteiger partial charge in [0.2, 0.25) is 0 Å². The predicted molar refractivity (Wildman–Crippen MR) is 209 cm³/mol. The first kappa shape index (κ1) is 72.4. The largest absolute Gasteiger partial charge is 0.481 e. The summed E-state index contributed by atoms with van der Waals surface area (Å²) >= 11 is 0. The average molecular weight is 823 g/mol. The van der Waals surface area contributed by atoms with Gasteiger partial charge in [-0.25, -0.2) is 0 Å². The molecule has 0 rings (SSSR count). The fraction of sp³-hybridized carbons (Fsp3) is 0.757. The second-order valence-electron chi connectivity index (χ2n) is 10.8. The molecule has 0 saturated carbocycles. The summed E-state index contributed by atoms with van der Waals surface area (Å²) in [5, 5.41) is 79.8. The Hall–Kier alpha value is -4.81.